The fourth-order valence-corrected chi connectivity index (χ4v) is 6.63. The van der Waals surface area contributed by atoms with Crippen molar-refractivity contribution in [3.8, 4) is 29.6 Å². The molecule has 5 heterocycles. The van der Waals surface area contributed by atoms with Crippen LogP contribution in [-0.4, -0.2) is 75.0 Å². The zero-order valence-electron chi connectivity index (χ0n) is 23.1. The number of pyridine rings is 1. The van der Waals surface area contributed by atoms with Crippen LogP contribution < -0.4 is 10.1 Å². The number of fused-ring (bicyclic) bond motifs is 4. The number of aromatic nitrogens is 3. The van der Waals surface area contributed by atoms with Gasteiger partial charge in [0, 0.05) is 34.2 Å². The van der Waals surface area contributed by atoms with Gasteiger partial charge in [-0.2, -0.15) is 4.98 Å². The molecule has 0 radical (unpaired) electrons. The number of hydrogen-bond acceptors (Lipinski definition) is 6. The van der Waals surface area contributed by atoms with Crippen molar-refractivity contribution in [1.82, 2.24) is 25.2 Å². The van der Waals surface area contributed by atoms with Gasteiger partial charge in [0.2, 0.25) is 0 Å². The number of ether oxygens (including phenoxy) is 1. The van der Waals surface area contributed by atoms with Gasteiger partial charge in [-0.1, -0.05) is 30.2 Å². The highest BCUT2D eigenvalue weighted by Gasteiger charge is 2.38. The summed E-state index contributed by atoms with van der Waals surface area (Å²) in [4.78, 5) is 16.3. The molecule has 2 bridgehead atoms. The number of likely N-dealkylation sites (tertiary alicyclic amines) is 1. The third-order valence-corrected chi connectivity index (χ3v) is 8.94. The molecular weight excluding hydrogens is 522 g/mol. The van der Waals surface area contributed by atoms with Gasteiger partial charge in [0.15, 0.2) is 5.82 Å². The summed E-state index contributed by atoms with van der Waals surface area (Å²) in [5.41, 5.74) is 1.79. The fraction of sp³-hybridized carbons (Fsp3) is 0.375. The summed E-state index contributed by atoms with van der Waals surface area (Å²) in [5.74, 6) is 1.87. The largest absolute Gasteiger partial charge is 0.443 e. The number of likely N-dealkylation sites (N-methyl/N-ethyl adjacent to an activating group) is 1. The summed E-state index contributed by atoms with van der Waals surface area (Å²) in [6.07, 6.45) is 11.6. The Morgan fingerprint density at radius 2 is 2.05 bits per heavy atom. The average Bonchev–Trinajstić information content (AvgIpc) is 3.59. The van der Waals surface area contributed by atoms with Crippen LogP contribution in [0.5, 0.6) is 6.01 Å². The van der Waals surface area contributed by atoms with Gasteiger partial charge in [-0.3, -0.25) is 4.98 Å². The maximum absolute atomic E-state index is 16.6. The normalized spacial score (nSPS) is 22.6. The minimum atomic E-state index is -0.621. The van der Waals surface area contributed by atoms with Crippen molar-refractivity contribution < 1.29 is 18.1 Å². The van der Waals surface area contributed by atoms with E-state index in [1.165, 1.54) is 6.07 Å². The minimum absolute atomic E-state index is 0.0532. The van der Waals surface area contributed by atoms with E-state index in [1.807, 2.05) is 6.07 Å². The second kappa shape index (κ2) is 10.1. The Kier molecular flexibility index (Phi) is 6.40. The van der Waals surface area contributed by atoms with E-state index in [1.54, 1.807) is 24.4 Å². The maximum atomic E-state index is 16.6. The highest BCUT2D eigenvalue weighted by atomic mass is 19.1. The third-order valence-electron chi connectivity index (χ3n) is 8.94. The van der Waals surface area contributed by atoms with Crippen LogP contribution in [0.3, 0.4) is 0 Å². The van der Waals surface area contributed by atoms with E-state index >= 15 is 4.39 Å². The summed E-state index contributed by atoms with van der Waals surface area (Å²) >= 11 is 0. The number of hydrogen-bond donors (Lipinski definition) is 1. The van der Waals surface area contributed by atoms with Crippen molar-refractivity contribution in [3.63, 3.8) is 0 Å². The third kappa shape index (κ3) is 4.33. The van der Waals surface area contributed by atoms with Crippen molar-refractivity contribution >= 4 is 33.2 Å². The number of terminal acetylenes is 1. The lowest BCUT2D eigenvalue weighted by Crippen LogP contribution is -2.47. The van der Waals surface area contributed by atoms with Crippen molar-refractivity contribution in [2.75, 3.05) is 26.7 Å². The van der Waals surface area contributed by atoms with E-state index in [9.17, 15) is 4.39 Å². The highest BCUT2D eigenvalue weighted by Crippen LogP contribution is 2.37. The molecule has 0 saturated carbocycles. The molecule has 3 atom stereocenters. The number of halogens is 2. The molecule has 2 fully saturated rings. The van der Waals surface area contributed by atoms with Crippen molar-refractivity contribution in [3.05, 3.63) is 53.7 Å². The highest BCUT2D eigenvalue weighted by molar-refractivity contribution is 6.01. The molecule has 0 spiro atoms. The number of nitrogens with zero attached hydrogens (tertiary/aromatic N) is 5. The Labute approximate surface area is 237 Å². The van der Waals surface area contributed by atoms with Gasteiger partial charge in [-0.15, -0.1) is 6.42 Å². The van der Waals surface area contributed by atoms with Crippen LogP contribution in [0.25, 0.3) is 32.9 Å². The molecular formula is C32H31F2N6O+. The van der Waals surface area contributed by atoms with Crippen LogP contribution in [0.15, 0.2) is 36.5 Å². The molecule has 9 heteroatoms. The van der Waals surface area contributed by atoms with E-state index < -0.39 is 11.6 Å². The number of benzene rings is 2. The lowest BCUT2D eigenvalue weighted by atomic mass is 9.96. The van der Waals surface area contributed by atoms with Crippen molar-refractivity contribution in [2.45, 2.75) is 50.7 Å². The lowest BCUT2D eigenvalue weighted by molar-refractivity contribution is -0.453. The minimum Gasteiger partial charge on any atom is -0.443 e. The maximum Gasteiger partial charge on any atom is 0.434 e. The fourth-order valence-electron chi connectivity index (χ4n) is 6.63. The molecule has 0 amide bonds. The number of rotatable bonds is 5. The van der Waals surface area contributed by atoms with E-state index in [2.05, 4.69) is 44.7 Å². The first-order chi connectivity index (χ1) is 19.9. The molecule has 0 aliphatic carbocycles. The summed E-state index contributed by atoms with van der Waals surface area (Å²) in [6.45, 7) is 4.25. The van der Waals surface area contributed by atoms with Gasteiger partial charge in [-0.25, -0.2) is 13.4 Å². The summed E-state index contributed by atoms with van der Waals surface area (Å²) in [5, 5.41) is 5.29. The average molecular weight is 554 g/mol. The Hall–Kier alpha value is -4.00. The second-order valence-electron chi connectivity index (χ2n) is 11.3. The smallest absolute Gasteiger partial charge is 0.434 e. The van der Waals surface area contributed by atoms with Crippen molar-refractivity contribution in [1.29, 1.82) is 0 Å². The standard InChI is InChI=1S/C32H31F2N6O/c1-4-22-25(33)12-10-19-7-5-9-23(27(19)22)29-28(34)30-24(15-35-29)31(40-16-20-11-13-26(36-20)18(40)2)38-32(37-30)41-17-21-8-6-14-39(21)3/h1,5,7,9-10,12,15,20-21,26,36H,6,8,11,13-14,16-17H2,2-3H3/q+1/t20?,21-,26?/m0/s1. The first-order valence-electron chi connectivity index (χ1n) is 14.2. The molecule has 2 unspecified atom stereocenters. The van der Waals surface area contributed by atoms with Crippen molar-refractivity contribution in [2.24, 2.45) is 0 Å². The van der Waals surface area contributed by atoms with E-state index in [0.29, 0.717) is 40.2 Å². The van der Waals surface area contributed by atoms with Gasteiger partial charge in [0.05, 0.1) is 17.3 Å². The first-order valence-corrected chi connectivity index (χ1v) is 14.2. The monoisotopic (exact) mass is 553 g/mol. The zero-order valence-corrected chi connectivity index (χ0v) is 23.1. The van der Waals surface area contributed by atoms with Gasteiger partial charge in [-0.05, 0) is 57.7 Å². The predicted molar refractivity (Wildman–Crippen MR) is 155 cm³/mol. The van der Waals surface area contributed by atoms with Gasteiger partial charge in [0.1, 0.15) is 35.6 Å². The molecule has 41 heavy (non-hydrogen) atoms. The zero-order chi connectivity index (χ0) is 28.2. The van der Waals surface area contributed by atoms with Crippen LogP contribution >= 0.6 is 0 Å². The van der Waals surface area contributed by atoms with E-state index in [-0.39, 0.29) is 34.9 Å². The molecule has 4 aromatic rings. The second-order valence-corrected chi connectivity index (χ2v) is 11.3. The summed E-state index contributed by atoms with van der Waals surface area (Å²) in [6, 6.07) is 9.25. The topological polar surface area (TPSA) is 66.2 Å². The number of nitrogens with one attached hydrogen (secondary N) is 1. The van der Waals surface area contributed by atoms with E-state index in [0.717, 1.165) is 44.5 Å². The quantitative estimate of drug-likeness (QED) is 0.283. The Bertz CT molecular complexity index is 1780. The molecule has 2 aromatic heterocycles. The molecule has 2 aromatic carbocycles. The van der Waals surface area contributed by atoms with Gasteiger partial charge in [0.25, 0.3) is 0 Å². The molecule has 7 rings (SSSR count). The van der Waals surface area contributed by atoms with Crippen LogP contribution in [0.4, 0.5) is 14.6 Å². The lowest BCUT2D eigenvalue weighted by Gasteiger charge is -2.23. The molecule has 2 saturated heterocycles. The SMILES string of the molecule is C#Cc1c(F)ccc2cccc(-c3ncc4c([N+]5=C(C)C6CCC(C5)N6)nc(OC[C@@H]5CCCN5C)nc4c3F)c12. The summed E-state index contributed by atoms with van der Waals surface area (Å²) < 4.78 is 39.6. The Balaban J connectivity index is 1.42. The molecule has 208 valence electrons. The van der Waals surface area contributed by atoms with Crippen LogP contribution in [0.2, 0.25) is 0 Å². The van der Waals surface area contributed by atoms with Crippen LogP contribution in [-0.2, 0) is 0 Å². The Morgan fingerprint density at radius 3 is 2.85 bits per heavy atom. The predicted octanol–water partition coefficient (Wildman–Crippen LogP) is 4.82. The molecule has 3 aliphatic heterocycles. The first kappa shape index (κ1) is 25.9. The molecule has 1 N–H and O–H groups in total. The molecule has 7 nitrogen and oxygen atoms in total. The van der Waals surface area contributed by atoms with Gasteiger partial charge >= 0.3 is 11.8 Å². The van der Waals surface area contributed by atoms with Gasteiger partial charge < -0.3 is 15.0 Å². The van der Waals surface area contributed by atoms with Crippen LogP contribution in [0.1, 0.15) is 38.2 Å². The Morgan fingerprint density at radius 1 is 1.17 bits per heavy atom. The van der Waals surface area contributed by atoms with Crippen LogP contribution in [0, 0.1) is 24.0 Å². The summed E-state index contributed by atoms with van der Waals surface area (Å²) in [7, 11) is 2.08. The molecule has 3 aliphatic rings. The van der Waals surface area contributed by atoms with E-state index in [4.69, 9.17) is 16.1 Å².